The first-order valence-corrected chi connectivity index (χ1v) is 5.55. The number of nitrogens with one attached hydrogen (secondary N) is 2. The van der Waals surface area contributed by atoms with E-state index in [0.717, 1.165) is 12.1 Å². The Balaban J connectivity index is 2.52. The van der Waals surface area contributed by atoms with Crippen LogP contribution >= 0.6 is 0 Å². The summed E-state index contributed by atoms with van der Waals surface area (Å²) in [5, 5.41) is 2.27. The van der Waals surface area contributed by atoms with Crippen molar-refractivity contribution in [1.29, 1.82) is 0 Å². The third-order valence-electron chi connectivity index (χ3n) is 2.22. The first kappa shape index (κ1) is 16.2. The van der Waals surface area contributed by atoms with Crippen LogP contribution in [0.1, 0.15) is 10.4 Å². The van der Waals surface area contributed by atoms with Gasteiger partial charge in [0.25, 0.3) is 12.3 Å². The highest BCUT2D eigenvalue weighted by Crippen LogP contribution is 2.19. The lowest BCUT2D eigenvalue weighted by atomic mass is 10.1. The van der Waals surface area contributed by atoms with E-state index in [4.69, 9.17) is 5.84 Å². The number of nitrogens with two attached hydrogens (primary N) is 1. The minimum absolute atomic E-state index is 0.0638. The molecule has 0 unspecified atom stereocenters. The highest BCUT2D eigenvalue weighted by Gasteiger charge is 2.14. The van der Waals surface area contributed by atoms with E-state index in [1.165, 1.54) is 0 Å². The average molecular weight is 295 g/mol. The first-order valence-electron chi connectivity index (χ1n) is 5.55. The Morgan fingerprint density at radius 2 is 1.90 bits per heavy atom. The van der Waals surface area contributed by atoms with E-state index < -0.39 is 36.3 Å². The van der Waals surface area contributed by atoms with Gasteiger partial charge in [0, 0.05) is 12.1 Å². The molecule has 1 amide bonds. The van der Waals surface area contributed by atoms with E-state index in [1.807, 2.05) is 5.43 Å². The summed E-state index contributed by atoms with van der Waals surface area (Å²) < 4.78 is 54.7. The minimum Gasteiger partial charge on any atom is -0.374 e. The summed E-state index contributed by atoms with van der Waals surface area (Å²) in [6.07, 6.45) is -2.59. The Morgan fingerprint density at radius 1 is 1.30 bits per heavy atom. The van der Waals surface area contributed by atoms with E-state index in [2.05, 4.69) is 10.1 Å². The van der Waals surface area contributed by atoms with Crippen molar-refractivity contribution in [3.8, 4) is 0 Å². The Kier molecular flexibility index (Phi) is 6.19. The van der Waals surface area contributed by atoms with Gasteiger partial charge < -0.3 is 15.5 Å². The summed E-state index contributed by atoms with van der Waals surface area (Å²) in [5.41, 5.74) is 1.02. The molecule has 5 nitrogen and oxygen atoms in total. The second-order valence-electron chi connectivity index (χ2n) is 3.68. The number of carbonyl (C=O) groups is 1. The van der Waals surface area contributed by atoms with Crippen LogP contribution in [-0.2, 0) is 4.74 Å². The largest absolute Gasteiger partial charge is 0.374 e. The second kappa shape index (κ2) is 7.65. The predicted molar refractivity (Wildman–Crippen MR) is 63.3 cm³/mol. The predicted octanol–water partition coefficient (Wildman–Crippen LogP) is 1.26. The molecule has 0 fully saturated rings. The van der Waals surface area contributed by atoms with Gasteiger partial charge in [-0.25, -0.2) is 17.6 Å². The summed E-state index contributed by atoms with van der Waals surface area (Å²) in [4.78, 5) is 11.5. The molecule has 0 bridgehead atoms. The smallest absolute Gasteiger partial charge is 0.261 e. The number of hydrogen-bond acceptors (Lipinski definition) is 4. The van der Waals surface area contributed by atoms with Crippen LogP contribution in [0.5, 0.6) is 0 Å². The molecular formula is C11H13F4N3O2. The Labute approximate surface area is 112 Å². The van der Waals surface area contributed by atoms with Crippen LogP contribution in [0.2, 0.25) is 0 Å². The maximum atomic E-state index is 13.3. The number of carbonyl (C=O) groups excluding carboxylic acids is 1. The number of ether oxygens (including phenoxy) is 1. The van der Waals surface area contributed by atoms with Gasteiger partial charge in [-0.15, -0.1) is 0 Å². The lowest BCUT2D eigenvalue weighted by molar-refractivity contribution is 0.0188. The van der Waals surface area contributed by atoms with Crippen LogP contribution in [-0.4, -0.2) is 32.1 Å². The first-order chi connectivity index (χ1) is 9.45. The molecule has 0 aliphatic carbocycles. The molecule has 0 aromatic heterocycles. The fourth-order valence-electron chi connectivity index (χ4n) is 1.35. The normalized spacial score (nSPS) is 10.7. The molecule has 4 N–H and O–H groups in total. The maximum Gasteiger partial charge on any atom is 0.261 e. The monoisotopic (exact) mass is 295 g/mol. The summed E-state index contributed by atoms with van der Waals surface area (Å²) >= 11 is 0. The van der Waals surface area contributed by atoms with Gasteiger partial charge in [0.15, 0.2) is 11.6 Å². The van der Waals surface area contributed by atoms with Crippen molar-refractivity contribution in [1.82, 2.24) is 5.32 Å². The van der Waals surface area contributed by atoms with Crippen LogP contribution in [0.25, 0.3) is 0 Å². The zero-order valence-electron chi connectivity index (χ0n) is 10.3. The van der Waals surface area contributed by atoms with Gasteiger partial charge in [0.2, 0.25) is 0 Å². The average Bonchev–Trinajstić information content (AvgIpc) is 2.37. The van der Waals surface area contributed by atoms with E-state index in [1.54, 1.807) is 0 Å². The fraction of sp³-hybridized carbons (Fsp3) is 0.364. The van der Waals surface area contributed by atoms with Crippen molar-refractivity contribution in [2.24, 2.45) is 5.84 Å². The summed E-state index contributed by atoms with van der Waals surface area (Å²) in [6.45, 7) is -0.939. The standard InChI is InChI=1S/C11H13F4N3O2/c12-7-3-6(4-8(13)10(7)18-16)11(19)17-1-2-20-5-9(14)15/h3-4,9,18H,1-2,5,16H2,(H,17,19). The van der Waals surface area contributed by atoms with Crippen LogP contribution in [0.15, 0.2) is 12.1 Å². The Bertz CT molecular complexity index is 448. The Morgan fingerprint density at radius 3 is 2.40 bits per heavy atom. The van der Waals surface area contributed by atoms with Gasteiger partial charge in [-0.3, -0.25) is 10.6 Å². The number of alkyl halides is 2. The molecule has 0 spiro atoms. The SMILES string of the molecule is NNc1c(F)cc(C(=O)NCCOCC(F)F)cc1F. The molecule has 0 aliphatic heterocycles. The molecule has 1 aromatic rings. The van der Waals surface area contributed by atoms with E-state index in [-0.39, 0.29) is 18.7 Å². The molecule has 1 rings (SSSR count). The third kappa shape index (κ3) is 4.67. The van der Waals surface area contributed by atoms with Crippen molar-refractivity contribution in [2.75, 3.05) is 25.2 Å². The van der Waals surface area contributed by atoms with Crippen molar-refractivity contribution >= 4 is 11.6 Å². The number of amides is 1. The minimum atomic E-state index is -2.59. The molecule has 20 heavy (non-hydrogen) atoms. The summed E-state index contributed by atoms with van der Waals surface area (Å²) in [7, 11) is 0. The molecule has 0 heterocycles. The van der Waals surface area contributed by atoms with Crippen molar-refractivity contribution < 1.29 is 27.1 Å². The molecule has 112 valence electrons. The summed E-state index contributed by atoms with van der Waals surface area (Å²) in [6, 6.07) is 1.60. The molecule has 9 heteroatoms. The van der Waals surface area contributed by atoms with Gasteiger partial charge in [-0.1, -0.05) is 0 Å². The Hall–Kier alpha value is -1.87. The van der Waals surface area contributed by atoms with Gasteiger partial charge in [0.05, 0.1) is 6.61 Å². The zero-order chi connectivity index (χ0) is 15.1. The van der Waals surface area contributed by atoms with Gasteiger partial charge in [-0.2, -0.15) is 0 Å². The number of benzene rings is 1. The lowest BCUT2D eigenvalue weighted by Crippen LogP contribution is -2.28. The van der Waals surface area contributed by atoms with E-state index >= 15 is 0 Å². The van der Waals surface area contributed by atoms with Crippen LogP contribution in [0.4, 0.5) is 23.2 Å². The molecule has 0 aliphatic rings. The number of rotatable bonds is 7. The lowest BCUT2D eigenvalue weighted by Gasteiger charge is -2.08. The van der Waals surface area contributed by atoms with Crippen LogP contribution in [0, 0.1) is 11.6 Å². The number of hydrogen-bond donors (Lipinski definition) is 3. The second-order valence-corrected chi connectivity index (χ2v) is 3.68. The number of anilines is 1. The van der Waals surface area contributed by atoms with Gasteiger partial charge in [0.1, 0.15) is 12.3 Å². The molecule has 0 atom stereocenters. The highest BCUT2D eigenvalue weighted by atomic mass is 19.3. The topological polar surface area (TPSA) is 76.4 Å². The van der Waals surface area contributed by atoms with Crippen LogP contribution in [0.3, 0.4) is 0 Å². The maximum absolute atomic E-state index is 13.3. The van der Waals surface area contributed by atoms with Gasteiger partial charge >= 0.3 is 0 Å². The zero-order valence-corrected chi connectivity index (χ0v) is 10.3. The molecule has 1 aromatic carbocycles. The van der Waals surface area contributed by atoms with E-state index in [9.17, 15) is 22.4 Å². The van der Waals surface area contributed by atoms with Gasteiger partial charge in [-0.05, 0) is 12.1 Å². The molecule has 0 radical (unpaired) electrons. The van der Waals surface area contributed by atoms with E-state index in [0.29, 0.717) is 0 Å². The van der Waals surface area contributed by atoms with Crippen molar-refractivity contribution in [3.63, 3.8) is 0 Å². The summed E-state index contributed by atoms with van der Waals surface area (Å²) in [5.74, 6) is 2.11. The molecule has 0 saturated heterocycles. The van der Waals surface area contributed by atoms with Crippen LogP contribution < -0.4 is 16.6 Å². The fourth-order valence-corrected chi connectivity index (χ4v) is 1.35. The van der Waals surface area contributed by atoms with Crippen molar-refractivity contribution in [3.05, 3.63) is 29.3 Å². The molecule has 0 saturated carbocycles. The van der Waals surface area contributed by atoms with Crippen molar-refractivity contribution in [2.45, 2.75) is 6.43 Å². The quantitative estimate of drug-likeness (QED) is 0.306. The number of nitrogen functional groups attached to an aromatic ring is 1. The number of hydrazine groups is 1. The number of halogens is 4. The highest BCUT2D eigenvalue weighted by molar-refractivity contribution is 5.94. The molecular weight excluding hydrogens is 282 g/mol. The third-order valence-corrected chi connectivity index (χ3v) is 2.22.